The van der Waals surface area contributed by atoms with Crippen LogP contribution in [0.5, 0.6) is 5.75 Å². The standard InChI is InChI=1S/C39H42BrF2N3O5/c40-33-17-14-29(42)21-35(33)50-20-2-3-25-6-10-27(11-7-25)32-22-30-23-44(36(46)4-1-5-37(47)48)24-34(43-30)38(32)39(49)45(31-15-16-31)19-18-26-8-12-28(41)13-9-26/h6-14,17,21,30-31,34,43H,1-5,15-16,18-20,22-24H2,(H,47,48)/t30-,34-/m1/s1. The second-order valence-corrected chi connectivity index (χ2v) is 14.2. The summed E-state index contributed by atoms with van der Waals surface area (Å²) >= 11 is 3.39. The molecule has 1 saturated heterocycles. The minimum atomic E-state index is -0.923. The number of carboxylic acids is 1. The van der Waals surface area contributed by atoms with Crippen molar-refractivity contribution >= 4 is 39.3 Å². The Morgan fingerprint density at radius 1 is 0.900 bits per heavy atom. The van der Waals surface area contributed by atoms with Crippen molar-refractivity contribution in [1.82, 2.24) is 15.1 Å². The molecule has 2 atom stereocenters. The fourth-order valence-corrected chi connectivity index (χ4v) is 7.29. The third-order valence-corrected chi connectivity index (χ3v) is 10.3. The fraction of sp³-hybridized carbons (Fsp3) is 0.410. The van der Waals surface area contributed by atoms with Gasteiger partial charge < -0.3 is 25.0 Å². The number of carbonyl (C=O) groups is 3. The average Bonchev–Trinajstić information content (AvgIpc) is 3.94. The molecule has 3 aliphatic rings. The predicted molar refractivity (Wildman–Crippen MR) is 190 cm³/mol. The highest BCUT2D eigenvalue weighted by molar-refractivity contribution is 9.10. The van der Waals surface area contributed by atoms with E-state index in [0.29, 0.717) is 54.9 Å². The Labute approximate surface area is 299 Å². The first-order valence-electron chi connectivity index (χ1n) is 17.4. The lowest BCUT2D eigenvalue weighted by Crippen LogP contribution is -2.62. The number of hydrogen-bond donors (Lipinski definition) is 2. The number of aryl methyl sites for hydroxylation is 1. The average molecular weight is 751 g/mol. The number of ether oxygens (including phenoxy) is 1. The second kappa shape index (κ2) is 16.3. The molecule has 50 heavy (non-hydrogen) atoms. The van der Waals surface area contributed by atoms with Gasteiger partial charge in [0.25, 0.3) is 5.91 Å². The van der Waals surface area contributed by atoms with Gasteiger partial charge in [-0.1, -0.05) is 36.4 Å². The van der Waals surface area contributed by atoms with Gasteiger partial charge in [-0.25, -0.2) is 8.78 Å². The summed E-state index contributed by atoms with van der Waals surface area (Å²) in [5.41, 5.74) is 4.72. The van der Waals surface area contributed by atoms with E-state index in [2.05, 4.69) is 45.5 Å². The van der Waals surface area contributed by atoms with Crippen LogP contribution in [0.15, 0.2) is 76.8 Å². The molecule has 3 aromatic rings. The van der Waals surface area contributed by atoms with Crippen LogP contribution in [0.2, 0.25) is 0 Å². The summed E-state index contributed by atoms with van der Waals surface area (Å²) in [6.07, 6.45) is 4.92. The number of halogens is 3. The number of carbonyl (C=O) groups excluding carboxylic acids is 2. The first-order chi connectivity index (χ1) is 24.1. The molecule has 264 valence electrons. The summed E-state index contributed by atoms with van der Waals surface area (Å²) in [5.74, 6) is -1.22. The molecule has 6 rings (SSSR count). The molecule has 2 bridgehead atoms. The molecule has 2 aliphatic heterocycles. The predicted octanol–water partition coefficient (Wildman–Crippen LogP) is 6.55. The number of hydrogen-bond acceptors (Lipinski definition) is 5. The number of fused-ring (bicyclic) bond motifs is 2. The van der Waals surface area contributed by atoms with Crippen molar-refractivity contribution in [2.24, 2.45) is 0 Å². The quantitative estimate of drug-likeness (QED) is 0.171. The number of carboxylic acid groups (broad SMARTS) is 1. The summed E-state index contributed by atoms with van der Waals surface area (Å²) in [5, 5.41) is 12.7. The Balaban J connectivity index is 1.20. The van der Waals surface area contributed by atoms with Gasteiger partial charge >= 0.3 is 5.97 Å². The van der Waals surface area contributed by atoms with Gasteiger partial charge in [0, 0.05) is 56.2 Å². The van der Waals surface area contributed by atoms with Crippen molar-refractivity contribution in [1.29, 1.82) is 0 Å². The Bertz CT molecular complexity index is 1730. The number of amides is 2. The maximum absolute atomic E-state index is 14.6. The van der Waals surface area contributed by atoms with Crippen LogP contribution in [0.4, 0.5) is 8.78 Å². The van der Waals surface area contributed by atoms with E-state index in [4.69, 9.17) is 9.84 Å². The maximum atomic E-state index is 14.6. The van der Waals surface area contributed by atoms with Gasteiger partial charge in [0.2, 0.25) is 5.91 Å². The number of benzene rings is 3. The highest BCUT2D eigenvalue weighted by Gasteiger charge is 2.43. The van der Waals surface area contributed by atoms with Crippen molar-refractivity contribution in [2.75, 3.05) is 26.2 Å². The first-order valence-corrected chi connectivity index (χ1v) is 18.1. The molecule has 0 unspecified atom stereocenters. The van der Waals surface area contributed by atoms with Gasteiger partial charge in [0.15, 0.2) is 0 Å². The van der Waals surface area contributed by atoms with Crippen LogP contribution in [0.3, 0.4) is 0 Å². The zero-order valence-electron chi connectivity index (χ0n) is 27.9. The lowest BCUT2D eigenvalue weighted by Gasteiger charge is -2.45. The zero-order valence-corrected chi connectivity index (χ0v) is 29.5. The van der Waals surface area contributed by atoms with Gasteiger partial charge in [0.05, 0.1) is 17.1 Å². The molecule has 8 nitrogen and oxygen atoms in total. The molecule has 2 N–H and O–H groups in total. The molecule has 1 aliphatic carbocycles. The molecule has 2 amide bonds. The third kappa shape index (κ3) is 9.17. The molecule has 2 fully saturated rings. The Morgan fingerprint density at radius 2 is 1.60 bits per heavy atom. The topological polar surface area (TPSA) is 99.2 Å². The van der Waals surface area contributed by atoms with E-state index in [1.165, 1.54) is 24.3 Å². The second-order valence-electron chi connectivity index (χ2n) is 13.4. The molecule has 0 aromatic heterocycles. The van der Waals surface area contributed by atoms with Crippen LogP contribution in [0, 0.1) is 11.6 Å². The summed E-state index contributed by atoms with van der Waals surface area (Å²) in [6, 6.07) is 18.8. The summed E-state index contributed by atoms with van der Waals surface area (Å²) in [6.45, 7) is 1.77. The molecular weight excluding hydrogens is 708 g/mol. The normalized spacial score (nSPS) is 18.6. The summed E-state index contributed by atoms with van der Waals surface area (Å²) in [7, 11) is 0. The SMILES string of the molecule is O=C(O)CCCC(=O)N1C[C@H]2CC(c3ccc(CCCOc4cc(F)ccc4Br)cc3)=C(C(=O)N(CCc3ccc(F)cc3)C3CC3)[C@@H](C1)N2. The monoisotopic (exact) mass is 749 g/mol. The van der Waals surface area contributed by atoms with Crippen LogP contribution >= 0.6 is 15.9 Å². The largest absolute Gasteiger partial charge is 0.492 e. The summed E-state index contributed by atoms with van der Waals surface area (Å²) < 4.78 is 33.7. The van der Waals surface area contributed by atoms with Gasteiger partial charge in [0.1, 0.15) is 17.4 Å². The van der Waals surface area contributed by atoms with E-state index in [-0.39, 0.29) is 60.8 Å². The van der Waals surface area contributed by atoms with Crippen LogP contribution in [0.1, 0.15) is 61.6 Å². The lowest BCUT2D eigenvalue weighted by atomic mass is 9.82. The minimum Gasteiger partial charge on any atom is -0.492 e. The molecule has 1 saturated carbocycles. The number of nitrogens with one attached hydrogen (secondary N) is 1. The molecule has 0 radical (unpaired) electrons. The van der Waals surface area contributed by atoms with Gasteiger partial charge in [-0.15, -0.1) is 0 Å². The van der Waals surface area contributed by atoms with Crippen molar-refractivity contribution in [2.45, 2.75) is 75.9 Å². The van der Waals surface area contributed by atoms with E-state index < -0.39 is 5.97 Å². The molecule has 11 heteroatoms. The van der Waals surface area contributed by atoms with E-state index >= 15 is 0 Å². The number of nitrogens with zero attached hydrogens (tertiary/aromatic N) is 2. The van der Waals surface area contributed by atoms with Crippen molar-refractivity contribution in [3.05, 3.63) is 105 Å². The van der Waals surface area contributed by atoms with E-state index in [0.717, 1.165) is 47.9 Å². The Morgan fingerprint density at radius 3 is 2.32 bits per heavy atom. The number of rotatable bonds is 15. The van der Waals surface area contributed by atoms with Gasteiger partial charge in [-0.3, -0.25) is 14.4 Å². The van der Waals surface area contributed by atoms with Crippen LogP contribution in [-0.4, -0.2) is 77.1 Å². The van der Waals surface area contributed by atoms with Crippen molar-refractivity contribution in [3.8, 4) is 5.75 Å². The fourth-order valence-electron chi connectivity index (χ4n) is 6.93. The third-order valence-electron chi connectivity index (χ3n) is 9.64. The maximum Gasteiger partial charge on any atom is 0.303 e. The first kappa shape index (κ1) is 35.7. The molecule has 0 spiro atoms. The summed E-state index contributed by atoms with van der Waals surface area (Å²) in [4.78, 5) is 42.6. The van der Waals surface area contributed by atoms with Crippen LogP contribution < -0.4 is 10.1 Å². The van der Waals surface area contributed by atoms with Gasteiger partial charge in [-0.05, 0) is 107 Å². The van der Waals surface area contributed by atoms with Crippen LogP contribution in [0.25, 0.3) is 5.57 Å². The molecular formula is C39H42BrF2N3O5. The number of aliphatic carboxylic acids is 1. The van der Waals surface area contributed by atoms with E-state index in [1.807, 2.05) is 4.90 Å². The van der Waals surface area contributed by atoms with Crippen molar-refractivity contribution in [3.63, 3.8) is 0 Å². The Hall–Kier alpha value is -4.09. The highest BCUT2D eigenvalue weighted by atomic mass is 79.9. The lowest BCUT2D eigenvalue weighted by molar-refractivity contribution is -0.138. The van der Waals surface area contributed by atoms with Crippen LogP contribution in [-0.2, 0) is 27.2 Å². The van der Waals surface area contributed by atoms with E-state index in [9.17, 15) is 23.2 Å². The molecule has 3 aromatic carbocycles. The smallest absolute Gasteiger partial charge is 0.303 e. The molecule has 2 heterocycles. The van der Waals surface area contributed by atoms with Gasteiger partial charge in [-0.2, -0.15) is 0 Å². The van der Waals surface area contributed by atoms with Crippen molar-refractivity contribution < 1.29 is 33.0 Å². The van der Waals surface area contributed by atoms with E-state index in [1.54, 1.807) is 23.1 Å². The minimum absolute atomic E-state index is 0.0366. The highest BCUT2D eigenvalue weighted by Crippen LogP contribution is 2.37. The zero-order chi connectivity index (χ0) is 35.2. The Kier molecular flexibility index (Phi) is 11.6. The number of piperazine rings is 1.